The van der Waals surface area contributed by atoms with E-state index in [0.717, 1.165) is 13.0 Å². The van der Waals surface area contributed by atoms with E-state index in [4.69, 9.17) is 5.73 Å². The lowest BCUT2D eigenvalue weighted by Crippen LogP contribution is -2.61. The van der Waals surface area contributed by atoms with Crippen molar-refractivity contribution in [3.8, 4) is 0 Å². The van der Waals surface area contributed by atoms with Crippen molar-refractivity contribution in [2.75, 3.05) is 13.1 Å². The zero-order valence-electron chi connectivity index (χ0n) is 9.29. The van der Waals surface area contributed by atoms with Crippen molar-refractivity contribution in [2.45, 2.75) is 45.3 Å². The Morgan fingerprint density at radius 3 is 2.79 bits per heavy atom. The van der Waals surface area contributed by atoms with Crippen molar-refractivity contribution >= 4 is 5.91 Å². The Labute approximate surface area is 85.8 Å². The van der Waals surface area contributed by atoms with Gasteiger partial charge in [-0.15, -0.1) is 0 Å². The number of piperazine rings is 1. The molecule has 14 heavy (non-hydrogen) atoms. The highest BCUT2D eigenvalue weighted by Gasteiger charge is 2.34. The van der Waals surface area contributed by atoms with Gasteiger partial charge in [0.05, 0.1) is 6.04 Å². The molecular weight excluding hydrogens is 178 g/mol. The van der Waals surface area contributed by atoms with E-state index in [9.17, 15) is 4.79 Å². The molecule has 3 N–H and O–H groups in total. The van der Waals surface area contributed by atoms with Crippen LogP contribution in [0.3, 0.4) is 0 Å². The Bertz CT molecular complexity index is 206. The van der Waals surface area contributed by atoms with Gasteiger partial charge in [-0.05, 0) is 33.7 Å². The molecule has 1 aliphatic heterocycles. The first kappa shape index (κ1) is 11.5. The minimum absolute atomic E-state index is 0.0382. The van der Waals surface area contributed by atoms with Crippen LogP contribution in [0.25, 0.3) is 0 Å². The third-order valence-electron chi connectivity index (χ3n) is 2.78. The van der Waals surface area contributed by atoms with E-state index in [1.165, 1.54) is 0 Å². The number of carbonyl (C=O) groups is 1. The Balaban J connectivity index is 2.75. The standard InChI is InChI=1S/C10H21N3O/c1-7(2)13-8(3)6-12-10(14)9(13)4-5-11/h7-9H,4-6,11H2,1-3H3,(H,12,14). The lowest BCUT2D eigenvalue weighted by Gasteiger charge is -2.42. The van der Waals surface area contributed by atoms with E-state index in [0.29, 0.717) is 18.6 Å². The average molecular weight is 199 g/mol. The fourth-order valence-corrected chi connectivity index (χ4v) is 2.22. The second-order valence-electron chi connectivity index (χ2n) is 4.23. The zero-order chi connectivity index (χ0) is 10.7. The van der Waals surface area contributed by atoms with Gasteiger partial charge in [-0.3, -0.25) is 9.69 Å². The maximum atomic E-state index is 11.6. The number of nitrogens with zero attached hydrogens (tertiary/aromatic N) is 1. The van der Waals surface area contributed by atoms with Crippen LogP contribution in [-0.4, -0.2) is 42.0 Å². The summed E-state index contributed by atoms with van der Waals surface area (Å²) in [6, 6.07) is 0.764. The molecule has 0 saturated carbocycles. The first-order valence-electron chi connectivity index (χ1n) is 5.33. The lowest BCUT2D eigenvalue weighted by atomic mass is 10.0. The fourth-order valence-electron chi connectivity index (χ4n) is 2.22. The van der Waals surface area contributed by atoms with Crippen molar-refractivity contribution < 1.29 is 4.79 Å². The van der Waals surface area contributed by atoms with Crippen molar-refractivity contribution in [1.82, 2.24) is 10.2 Å². The molecular formula is C10H21N3O. The van der Waals surface area contributed by atoms with Crippen LogP contribution >= 0.6 is 0 Å². The van der Waals surface area contributed by atoms with Gasteiger partial charge in [-0.2, -0.15) is 0 Å². The second kappa shape index (κ2) is 4.75. The molecule has 1 aliphatic rings. The molecule has 2 atom stereocenters. The second-order valence-corrected chi connectivity index (χ2v) is 4.23. The summed E-state index contributed by atoms with van der Waals surface area (Å²) in [4.78, 5) is 13.9. The van der Waals surface area contributed by atoms with Crippen LogP contribution < -0.4 is 11.1 Å². The Morgan fingerprint density at radius 2 is 2.29 bits per heavy atom. The van der Waals surface area contributed by atoms with E-state index in [1.807, 2.05) is 0 Å². The van der Waals surface area contributed by atoms with Gasteiger partial charge in [0.1, 0.15) is 0 Å². The highest BCUT2D eigenvalue weighted by atomic mass is 16.2. The lowest BCUT2D eigenvalue weighted by molar-refractivity contribution is -0.132. The van der Waals surface area contributed by atoms with Crippen LogP contribution in [0, 0.1) is 0 Å². The monoisotopic (exact) mass is 199 g/mol. The SMILES string of the molecule is CC(C)N1C(C)CNC(=O)C1CCN. The van der Waals surface area contributed by atoms with Crippen LogP contribution in [0.4, 0.5) is 0 Å². The molecule has 1 fully saturated rings. The van der Waals surface area contributed by atoms with Crippen LogP contribution in [0.15, 0.2) is 0 Å². The van der Waals surface area contributed by atoms with Gasteiger partial charge < -0.3 is 11.1 Å². The minimum atomic E-state index is -0.0382. The van der Waals surface area contributed by atoms with Crippen LogP contribution in [-0.2, 0) is 4.79 Å². The van der Waals surface area contributed by atoms with E-state index < -0.39 is 0 Å². The molecule has 1 rings (SSSR count). The van der Waals surface area contributed by atoms with Gasteiger partial charge in [-0.25, -0.2) is 0 Å². The van der Waals surface area contributed by atoms with Gasteiger partial charge in [0.2, 0.25) is 5.91 Å². The largest absolute Gasteiger partial charge is 0.353 e. The van der Waals surface area contributed by atoms with Crippen LogP contribution in [0.5, 0.6) is 0 Å². The quantitative estimate of drug-likeness (QED) is 0.669. The summed E-state index contributed by atoms with van der Waals surface area (Å²) >= 11 is 0. The highest BCUT2D eigenvalue weighted by molar-refractivity contribution is 5.82. The van der Waals surface area contributed by atoms with Gasteiger partial charge in [0.15, 0.2) is 0 Å². The van der Waals surface area contributed by atoms with Crippen LogP contribution in [0.2, 0.25) is 0 Å². The molecule has 0 radical (unpaired) electrons. The summed E-state index contributed by atoms with van der Waals surface area (Å²) in [6.45, 7) is 7.70. The summed E-state index contributed by atoms with van der Waals surface area (Å²) in [7, 11) is 0. The Kier molecular flexibility index (Phi) is 3.89. The molecule has 1 saturated heterocycles. The van der Waals surface area contributed by atoms with Crippen LogP contribution in [0.1, 0.15) is 27.2 Å². The summed E-state index contributed by atoms with van der Waals surface area (Å²) in [5.74, 6) is 0.127. The fraction of sp³-hybridized carbons (Fsp3) is 0.900. The molecule has 4 heteroatoms. The predicted molar refractivity (Wildman–Crippen MR) is 56.9 cm³/mol. The summed E-state index contributed by atoms with van der Waals surface area (Å²) < 4.78 is 0. The van der Waals surface area contributed by atoms with Crippen molar-refractivity contribution in [1.29, 1.82) is 0 Å². The topological polar surface area (TPSA) is 58.4 Å². The molecule has 0 aromatic carbocycles. The van der Waals surface area contributed by atoms with Gasteiger partial charge in [-0.1, -0.05) is 0 Å². The third kappa shape index (κ3) is 2.25. The maximum absolute atomic E-state index is 11.6. The number of hydrogen-bond acceptors (Lipinski definition) is 3. The molecule has 0 aliphatic carbocycles. The molecule has 0 aromatic heterocycles. The van der Waals surface area contributed by atoms with E-state index in [1.54, 1.807) is 0 Å². The van der Waals surface area contributed by atoms with E-state index >= 15 is 0 Å². The average Bonchev–Trinajstić information content (AvgIpc) is 2.11. The van der Waals surface area contributed by atoms with Gasteiger partial charge >= 0.3 is 0 Å². The molecule has 1 amide bonds. The third-order valence-corrected chi connectivity index (χ3v) is 2.78. The minimum Gasteiger partial charge on any atom is -0.353 e. The first-order chi connectivity index (χ1) is 6.57. The highest BCUT2D eigenvalue weighted by Crippen LogP contribution is 2.16. The van der Waals surface area contributed by atoms with E-state index in [-0.39, 0.29) is 11.9 Å². The first-order valence-corrected chi connectivity index (χ1v) is 5.33. The Morgan fingerprint density at radius 1 is 1.64 bits per heavy atom. The van der Waals surface area contributed by atoms with Crippen molar-refractivity contribution in [2.24, 2.45) is 5.73 Å². The molecule has 82 valence electrons. The number of amides is 1. The molecule has 0 bridgehead atoms. The Hall–Kier alpha value is -0.610. The molecule has 0 spiro atoms. The molecule has 0 aromatic rings. The summed E-state index contributed by atoms with van der Waals surface area (Å²) in [5, 5.41) is 2.92. The number of carbonyl (C=O) groups excluding carboxylic acids is 1. The van der Waals surface area contributed by atoms with Crippen molar-refractivity contribution in [3.63, 3.8) is 0 Å². The normalized spacial score (nSPS) is 29.4. The zero-order valence-corrected chi connectivity index (χ0v) is 9.29. The molecule has 2 unspecified atom stereocenters. The molecule has 4 nitrogen and oxygen atoms in total. The van der Waals surface area contributed by atoms with E-state index in [2.05, 4.69) is 31.0 Å². The number of hydrogen-bond donors (Lipinski definition) is 2. The smallest absolute Gasteiger partial charge is 0.237 e. The number of rotatable bonds is 3. The maximum Gasteiger partial charge on any atom is 0.237 e. The summed E-state index contributed by atoms with van der Waals surface area (Å²) in [5.41, 5.74) is 5.52. The number of nitrogens with two attached hydrogens (primary N) is 1. The van der Waals surface area contributed by atoms with Gasteiger partial charge in [0, 0.05) is 18.6 Å². The predicted octanol–water partition coefficient (Wildman–Crippen LogP) is -0.0675. The summed E-state index contributed by atoms with van der Waals surface area (Å²) in [6.07, 6.45) is 0.744. The van der Waals surface area contributed by atoms with Crippen molar-refractivity contribution in [3.05, 3.63) is 0 Å². The number of nitrogens with one attached hydrogen (secondary N) is 1. The molecule has 1 heterocycles. The van der Waals surface area contributed by atoms with Gasteiger partial charge in [0.25, 0.3) is 0 Å².